The van der Waals surface area contributed by atoms with Crippen LogP contribution in [0.4, 0.5) is 0 Å². The van der Waals surface area contributed by atoms with Crippen LogP contribution in [-0.2, 0) is 9.84 Å². The van der Waals surface area contributed by atoms with Crippen molar-refractivity contribution in [3.05, 3.63) is 42.9 Å². The molecule has 0 bridgehead atoms. The van der Waals surface area contributed by atoms with Crippen LogP contribution in [0.15, 0.2) is 52.8 Å². The van der Waals surface area contributed by atoms with Gasteiger partial charge in [0.1, 0.15) is 0 Å². The lowest BCUT2D eigenvalue weighted by molar-refractivity contribution is 0.593. The van der Waals surface area contributed by atoms with Gasteiger partial charge in [-0.15, -0.1) is 0 Å². The van der Waals surface area contributed by atoms with E-state index in [2.05, 4.69) is 9.97 Å². The van der Waals surface area contributed by atoms with Crippen LogP contribution in [0.2, 0.25) is 0 Å². The second-order valence-corrected chi connectivity index (χ2v) is 4.65. The number of nitrogens with one attached hydrogen (secondary N) is 1. The van der Waals surface area contributed by atoms with E-state index in [0.717, 1.165) is 0 Å². The lowest BCUT2D eigenvalue weighted by atomic mass is 10.4. The summed E-state index contributed by atoms with van der Waals surface area (Å²) < 4.78 is 23.6. The first kappa shape index (κ1) is 8.96. The number of sulfone groups is 1. The number of hydrogen-bond donors (Lipinski definition) is 1. The van der Waals surface area contributed by atoms with Gasteiger partial charge >= 0.3 is 0 Å². The van der Waals surface area contributed by atoms with Crippen LogP contribution >= 0.6 is 0 Å². The Labute approximate surface area is 81.5 Å². The SMILES string of the molecule is O=S(=O)(c1ccccc1)c1cnc[nH]1. The Balaban J connectivity index is 2.55. The van der Waals surface area contributed by atoms with E-state index in [4.69, 9.17) is 0 Å². The molecule has 0 fully saturated rings. The number of nitrogens with zero attached hydrogens (tertiary/aromatic N) is 1. The fraction of sp³-hybridized carbons (Fsp3) is 0. The quantitative estimate of drug-likeness (QED) is 0.807. The summed E-state index contributed by atoms with van der Waals surface area (Å²) >= 11 is 0. The minimum Gasteiger partial charge on any atom is -0.335 e. The minimum atomic E-state index is -3.41. The molecule has 0 aliphatic carbocycles. The Morgan fingerprint density at radius 1 is 1.14 bits per heavy atom. The molecule has 0 radical (unpaired) electrons. The summed E-state index contributed by atoms with van der Waals surface area (Å²) in [6, 6.07) is 8.24. The van der Waals surface area contributed by atoms with Crippen molar-refractivity contribution >= 4 is 9.84 Å². The fourth-order valence-corrected chi connectivity index (χ4v) is 2.29. The zero-order valence-corrected chi connectivity index (χ0v) is 8.03. The van der Waals surface area contributed by atoms with E-state index in [1.165, 1.54) is 12.5 Å². The van der Waals surface area contributed by atoms with Crippen molar-refractivity contribution in [2.75, 3.05) is 0 Å². The van der Waals surface area contributed by atoms with Crippen LogP contribution in [0, 0.1) is 0 Å². The molecular formula is C9H8N2O2S. The second-order valence-electron chi connectivity index (χ2n) is 2.73. The Morgan fingerprint density at radius 2 is 1.86 bits per heavy atom. The summed E-state index contributed by atoms with van der Waals surface area (Å²) in [6.45, 7) is 0. The topological polar surface area (TPSA) is 62.8 Å². The van der Waals surface area contributed by atoms with Gasteiger partial charge in [-0.05, 0) is 12.1 Å². The molecule has 2 rings (SSSR count). The molecule has 0 atom stereocenters. The van der Waals surface area contributed by atoms with Gasteiger partial charge in [-0.2, -0.15) is 0 Å². The van der Waals surface area contributed by atoms with Crippen LogP contribution in [0.5, 0.6) is 0 Å². The number of H-pyrrole nitrogens is 1. The zero-order valence-electron chi connectivity index (χ0n) is 7.21. The van der Waals surface area contributed by atoms with Crippen LogP contribution in [0.25, 0.3) is 0 Å². The average molecular weight is 208 g/mol. The van der Waals surface area contributed by atoms with Crippen molar-refractivity contribution in [3.63, 3.8) is 0 Å². The van der Waals surface area contributed by atoms with Gasteiger partial charge in [0.15, 0.2) is 5.03 Å². The van der Waals surface area contributed by atoms with Crippen LogP contribution < -0.4 is 0 Å². The Morgan fingerprint density at radius 3 is 2.43 bits per heavy atom. The number of aromatic nitrogens is 2. The predicted octanol–water partition coefficient (Wildman–Crippen LogP) is 1.24. The summed E-state index contributed by atoms with van der Waals surface area (Å²) in [5.41, 5.74) is 0. The highest BCUT2D eigenvalue weighted by atomic mass is 32.2. The number of aromatic amines is 1. The van der Waals surface area contributed by atoms with Gasteiger partial charge in [-0.25, -0.2) is 13.4 Å². The van der Waals surface area contributed by atoms with Gasteiger partial charge in [-0.3, -0.25) is 0 Å². The molecule has 0 aliphatic heterocycles. The number of benzene rings is 1. The summed E-state index contributed by atoms with van der Waals surface area (Å²) in [5.74, 6) is 0. The zero-order chi connectivity index (χ0) is 10.0. The van der Waals surface area contributed by atoms with Crippen LogP contribution in [0.3, 0.4) is 0 Å². The third-order valence-corrected chi connectivity index (χ3v) is 3.51. The predicted molar refractivity (Wildman–Crippen MR) is 50.5 cm³/mol. The summed E-state index contributed by atoms with van der Waals surface area (Å²) in [5, 5.41) is 0.115. The number of imidazole rings is 1. The van der Waals surface area contributed by atoms with Gasteiger partial charge in [-0.1, -0.05) is 18.2 Å². The molecule has 1 aromatic heterocycles. The largest absolute Gasteiger partial charge is 0.335 e. The van der Waals surface area contributed by atoms with E-state index < -0.39 is 9.84 Å². The highest BCUT2D eigenvalue weighted by molar-refractivity contribution is 7.91. The molecule has 1 aromatic carbocycles. The smallest absolute Gasteiger partial charge is 0.223 e. The normalized spacial score (nSPS) is 11.4. The van der Waals surface area contributed by atoms with Crippen molar-refractivity contribution in [1.29, 1.82) is 0 Å². The second kappa shape index (κ2) is 3.26. The van der Waals surface area contributed by atoms with Crippen molar-refractivity contribution in [1.82, 2.24) is 9.97 Å². The van der Waals surface area contributed by atoms with Gasteiger partial charge in [0, 0.05) is 0 Å². The maximum atomic E-state index is 11.8. The van der Waals surface area contributed by atoms with Crippen molar-refractivity contribution in [2.24, 2.45) is 0 Å². The first-order valence-corrected chi connectivity index (χ1v) is 5.48. The van der Waals surface area contributed by atoms with Crippen molar-refractivity contribution < 1.29 is 8.42 Å². The number of rotatable bonds is 2. The Hall–Kier alpha value is -1.62. The van der Waals surface area contributed by atoms with E-state index >= 15 is 0 Å². The highest BCUT2D eigenvalue weighted by Gasteiger charge is 2.17. The maximum absolute atomic E-state index is 11.8. The third kappa shape index (κ3) is 1.42. The molecule has 1 N–H and O–H groups in total. The first-order chi connectivity index (χ1) is 6.71. The maximum Gasteiger partial charge on any atom is 0.223 e. The Kier molecular flexibility index (Phi) is 2.09. The minimum absolute atomic E-state index is 0.115. The molecule has 0 spiro atoms. The first-order valence-electron chi connectivity index (χ1n) is 4.00. The van der Waals surface area contributed by atoms with E-state index in [1.54, 1.807) is 30.3 Å². The summed E-state index contributed by atoms with van der Waals surface area (Å²) in [6.07, 6.45) is 2.64. The molecular weight excluding hydrogens is 200 g/mol. The van der Waals surface area contributed by atoms with E-state index in [9.17, 15) is 8.42 Å². The lowest BCUT2D eigenvalue weighted by Gasteiger charge is -1.99. The van der Waals surface area contributed by atoms with E-state index in [1.807, 2.05) is 0 Å². The monoisotopic (exact) mass is 208 g/mol. The van der Waals surface area contributed by atoms with E-state index in [-0.39, 0.29) is 9.92 Å². The molecule has 2 aromatic rings. The molecule has 72 valence electrons. The van der Waals surface area contributed by atoms with Gasteiger partial charge in [0.05, 0.1) is 17.4 Å². The van der Waals surface area contributed by atoms with E-state index in [0.29, 0.717) is 0 Å². The third-order valence-electron chi connectivity index (χ3n) is 1.82. The molecule has 5 heteroatoms. The number of hydrogen-bond acceptors (Lipinski definition) is 3. The molecule has 1 heterocycles. The van der Waals surface area contributed by atoms with Gasteiger partial charge in [0.2, 0.25) is 9.84 Å². The van der Waals surface area contributed by atoms with Crippen LogP contribution in [-0.4, -0.2) is 18.4 Å². The standard InChI is InChI=1S/C9H8N2O2S/c12-14(13,9-6-10-7-11-9)8-4-2-1-3-5-8/h1-7H,(H,10,11). The molecule has 4 nitrogen and oxygen atoms in total. The molecule has 0 aliphatic rings. The van der Waals surface area contributed by atoms with Crippen molar-refractivity contribution in [3.8, 4) is 0 Å². The van der Waals surface area contributed by atoms with Crippen molar-refractivity contribution in [2.45, 2.75) is 9.92 Å². The molecule has 0 amide bonds. The molecule has 0 unspecified atom stereocenters. The molecule has 0 saturated carbocycles. The van der Waals surface area contributed by atoms with Crippen LogP contribution in [0.1, 0.15) is 0 Å². The Bertz CT molecular complexity index is 503. The van der Waals surface area contributed by atoms with Gasteiger partial charge in [0.25, 0.3) is 0 Å². The summed E-state index contributed by atoms with van der Waals surface area (Å²) in [4.78, 5) is 6.52. The fourth-order valence-electron chi connectivity index (χ4n) is 1.12. The molecule has 0 saturated heterocycles. The molecule has 14 heavy (non-hydrogen) atoms. The summed E-state index contributed by atoms with van der Waals surface area (Å²) in [7, 11) is -3.41. The average Bonchev–Trinajstić information content (AvgIpc) is 2.72. The highest BCUT2D eigenvalue weighted by Crippen LogP contribution is 2.16. The van der Waals surface area contributed by atoms with Gasteiger partial charge < -0.3 is 4.98 Å². The lowest BCUT2D eigenvalue weighted by Crippen LogP contribution is -2.01.